The molecule has 5 nitrogen and oxygen atoms in total. The van der Waals surface area contributed by atoms with Crippen LogP contribution in [0, 0.1) is 5.92 Å². The van der Waals surface area contributed by atoms with Crippen molar-refractivity contribution in [2.24, 2.45) is 11.7 Å². The maximum Gasteiger partial charge on any atom is 0.216 e. The first kappa shape index (κ1) is 13.8. The van der Waals surface area contributed by atoms with Crippen molar-refractivity contribution in [1.82, 2.24) is 4.31 Å². The van der Waals surface area contributed by atoms with Crippen LogP contribution in [0.4, 0.5) is 0 Å². The van der Waals surface area contributed by atoms with Crippen LogP contribution in [0.2, 0.25) is 0 Å². The summed E-state index contributed by atoms with van der Waals surface area (Å²) in [5, 5.41) is 0. The van der Waals surface area contributed by atoms with Crippen molar-refractivity contribution < 1.29 is 13.2 Å². The first-order valence-electron chi connectivity index (χ1n) is 4.57. The van der Waals surface area contributed by atoms with E-state index in [2.05, 4.69) is 0 Å². The third-order valence-electron chi connectivity index (χ3n) is 1.99. The number of sulfonamides is 1. The molecule has 0 aliphatic rings. The lowest BCUT2D eigenvalue weighted by Crippen LogP contribution is -2.35. The standard InChI is InChI=1S/C8H20N2O3S/c1-8(6-9)7-10(2)14(11,12)5-4-13-3/h8H,4-7,9H2,1-3H3. The Kier molecular flexibility index (Phi) is 6.26. The molecule has 2 N–H and O–H groups in total. The Bertz CT molecular complexity index is 241. The zero-order valence-corrected chi connectivity index (χ0v) is 9.88. The number of hydrogen-bond donors (Lipinski definition) is 1. The Morgan fingerprint density at radius 2 is 2.07 bits per heavy atom. The molecule has 0 amide bonds. The van der Waals surface area contributed by atoms with Crippen LogP contribution in [0.15, 0.2) is 0 Å². The molecule has 0 saturated heterocycles. The van der Waals surface area contributed by atoms with Gasteiger partial charge >= 0.3 is 0 Å². The zero-order valence-electron chi connectivity index (χ0n) is 9.06. The Labute approximate surface area is 86.3 Å². The fourth-order valence-corrected chi connectivity index (χ4v) is 2.14. The van der Waals surface area contributed by atoms with E-state index in [4.69, 9.17) is 10.5 Å². The highest BCUT2D eigenvalue weighted by Gasteiger charge is 2.18. The van der Waals surface area contributed by atoms with Crippen LogP contribution >= 0.6 is 0 Å². The summed E-state index contributed by atoms with van der Waals surface area (Å²) in [6.45, 7) is 3.10. The normalized spacial score (nSPS) is 14.6. The largest absolute Gasteiger partial charge is 0.384 e. The van der Waals surface area contributed by atoms with E-state index in [-0.39, 0.29) is 18.3 Å². The van der Waals surface area contributed by atoms with E-state index in [1.54, 1.807) is 7.05 Å². The summed E-state index contributed by atoms with van der Waals surface area (Å²) in [5.74, 6) is 0.203. The smallest absolute Gasteiger partial charge is 0.216 e. The zero-order chi connectivity index (χ0) is 11.2. The molecule has 14 heavy (non-hydrogen) atoms. The topological polar surface area (TPSA) is 72.6 Å². The second-order valence-corrected chi connectivity index (χ2v) is 5.63. The van der Waals surface area contributed by atoms with Gasteiger partial charge in [-0.25, -0.2) is 12.7 Å². The lowest BCUT2D eigenvalue weighted by atomic mass is 10.2. The molecular formula is C8H20N2O3S. The van der Waals surface area contributed by atoms with Crippen molar-refractivity contribution in [1.29, 1.82) is 0 Å². The van der Waals surface area contributed by atoms with Crippen LogP contribution in [0.5, 0.6) is 0 Å². The van der Waals surface area contributed by atoms with E-state index in [0.717, 1.165) is 0 Å². The molecular weight excluding hydrogens is 204 g/mol. The van der Waals surface area contributed by atoms with Gasteiger partial charge in [0.1, 0.15) is 0 Å². The van der Waals surface area contributed by atoms with E-state index in [1.165, 1.54) is 11.4 Å². The number of nitrogens with zero attached hydrogens (tertiary/aromatic N) is 1. The summed E-state index contributed by atoms with van der Waals surface area (Å²) in [6, 6.07) is 0. The highest BCUT2D eigenvalue weighted by Crippen LogP contribution is 2.02. The summed E-state index contributed by atoms with van der Waals surface area (Å²) in [5.41, 5.74) is 5.42. The molecule has 0 bridgehead atoms. The molecule has 0 aromatic heterocycles. The minimum absolute atomic E-state index is 0.0251. The highest BCUT2D eigenvalue weighted by atomic mass is 32.2. The van der Waals surface area contributed by atoms with Gasteiger partial charge in [-0.1, -0.05) is 6.92 Å². The molecule has 0 aromatic carbocycles. The molecule has 0 aliphatic carbocycles. The van der Waals surface area contributed by atoms with Crippen LogP contribution in [-0.2, 0) is 14.8 Å². The van der Waals surface area contributed by atoms with Crippen molar-refractivity contribution in [3.63, 3.8) is 0 Å². The maximum absolute atomic E-state index is 11.5. The van der Waals surface area contributed by atoms with Gasteiger partial charge in [-0.2, -0.15) is 0 Å². The lowest BCUT2D eigenvalue weighted by molar-refractivity contribution is 0.215. The number of hydrogen-bond acceptors (Lipinski definition) is 4. The SMILES string of the molecule is COCCS(=O)(=O)N(C)CC(C)CN. The first-order chi connectivity index (χ1) is 6.44. The molecule has 1 unspecified atom stereocenters. The van der Waals surface area contributed by atoms with Crippen LogP contribution in [0.1, 0.15) is 6.92 Å². The Hall–Kier alpha value is -0.170. The van der Waals surface area contributed by atoms with Gasteiger partial charge < -0.3 is 10.5 Å². The summed E-state index contributed by atoms with van der Waals surface area (Å²) >= 11 is 0. The van der Waals surface area contributed by atoms with Gasteiger partial charge in [0.2, 0.25) is 10.0 Å². The molecule has 0 saturated carbocycles. The molecule has 0 spiro atoms. The molecule has 0 fully saturated rings. The van der Waals surface area contributed by atoms with Crippen LogP contribution in [0.3, 0.4) is 0 Å². The number of nitrogens with two attached hydrogens (primary N) is 1. The third-order valence-corrected chi connectivity index (χ3v) is 3.77. The highest BCUT2D eigenvalue weighted by molar-refractivity contribution is 7.89. The second-order valence-electron chi connectivity index (χ2n) is 3.43. The molecule has 1 atom stereocenters. The van der Waals surface area contributed by atoms with Gasteiger partial charge in [-0.05, 0) is 12.5 Å². The fraction of sp³-hybridized carbons (Fsp3) is 1.00. The molecule has 0 heterocycles. The predicted octanol–water partition coefficient (Wildman–Crippen LogP) is -0.511. The maximum atomic E-state index is 11.5. The third kappa shape index (κ3) is 4.90. The minimum Gasteiger partial charge on any atom is -0.384 e. The van der Waals surface area contributed by atoms with Crippen molar-refractivity contribution in [3.8, 4) is 0 Å². The summed E-state index contributed by atoms with van der Waals surface area (Å²) < 4.78 is 29.2. The van der Waals surface area contributed by atoms with E-state index in [0.29, 0.717) is 13.1 Å². The van der Waals surface area contributed by atoms with E-state index < -0.39 is 10.0 Å². The van der Waals surface area contributed by atoms with Gasteiger partial charge in [-0.3, -0.25) is 0 Å². The predicted molar refractivity (Wildman–Crippen MR) is 56.5 cm³/mol. The van der Waals surface area contributed by atoms with Crippen LogP contribution in [0.25, 0.3) is 0 Å². The summed E-state index contributed by atoms with van der Waals surface area (Å²) in [6.07, 6.45) is 0. The minimum atomic E-state index is -3.17. The fourth-order valence-electron chi connectivity index (χ4n) is 0.971. The van der Waals surface area contributed by atoms with Gasteiger partial charge in [0, 0.05) is 20.7 Å². The van der Waals surface area contributed by atoms with Crippen molar-refractivity contribution in [2.75, 3.05) is 39.6 Å². The molecule has 0 radical (unpaired) electrons. The van der Waals surface area contributed by atoms with Gasteiger partial charge in [0.25, 0.3) is 0 Å². The van der Waals surface area contributed by atoms with Crippen LogP contribution in [-0.4, -0.2) is 52.3 Å². The first-order valence-corrected chi connectivity index (χ1v) is 6.18. The van der Waals surface area contributed by atoms with Crippen molar-refractivity contribution in [3.05, 3.63) is 0 Å². The van der Waals surface area contributed by atoms with Crippen molar-refractivity contribution >= 4 is 10.0 Å². The van der Waals surface area contributed by atoms with Gasteiger partial charge in [0.15, 0.2) is 0 Å². The van der Waals surface area contributed by atoms with E-state index in [1.807, 2.05) is 6.92 Å². The second kappa shape index (κ2) is 6.34. The molecule has 0 aromatic rings. The number of methoxy groups -OCH3 is 1. The lowest BCUT2D eigenvalue weighted by Gasteiger charge is -2.20. The molecule has 86 valence electrons. The quantitative estimate of drug-likeness (QED) is 0.632. The molecule has 6 heteroatoms. The molecule has 0 rings (SSSR count). The van der Waals surface area contributed by atoms with Gasteiger partial charge in [0.05, 0.1) is 12.4 Å². The Morgan fingerprint density at radius 1 is 1.50 bits per heavy atom. The average Bonchev–Trinajstić information content (AvgIpc) is 2.14. The molecule has 0 aliphatic heterocycles. The Morgan fingerprint density at radius 3 is 2.50 bits per heavy atom. The van der Waals surface area contributed by atoms with Gasteiger partial charge in [-0.15, -0.1) is 0 Å². The average molecular weight is 224 g/mol. The monoisotopic (exact) mass is 224 g/mol. The Balaban J connectivity index is 4.14. The van der Waals surface area contributed by atoms with Crippen molar-refractivity contribution in [2.45, 2.75) is 6.92 Å². The van der Waals surface area contributed by atoms with Crippen LogP contribution < -0.4 is 5.73 Å². The summed E-state index contributed by atoms with van der Waals surface area (Å²) in [4.78, 5) is 0. The van der Waals surface area contributed by atoms with E-state index in [9.17, 15) is 8.42 Å². The number of ether oxygens (including phenoxy) is 1. The number of rotatable bonds is 7. The van der Waals surface area contributed by atoms with E-state index >= 15 is 0 Å². The summed E-state index contributed by atoms with van der Waals surface area (Å²) in [7, 11) is -0.124.